The predicted molar refractivity (Wildman–Crippen MR) is 119 cm³/mol. The van der Waals surface area contributed by atoms with E-state index in [4.69, 9.17) is 0 Å². The van der Waals surface area contributed by atoms with Crippen LogP contribution < -0.4 is 0 Å². The Labute approximate surface area is 177 Å². The van der Waals surface area contributed by atoms with Gasteiger partial charge in [0.15, 0.2) is 0 Å². The van der Waals surface area contributed by atoms with Crippen molar-refractivity contribution in [3.8, 4) is 11.3 Å². The molecule has 3 aromatic rings. The van der Waals surface area contributed by atoms with E-state index < -0.39 is 10.0 Å². The van der Waals surface area contributed by atoms with Crippen LogP contribution in [0.15, 0.2) is 72.5 Å². The molecule has 1 aliphatic rings. The van der Waals surface area contributed by atoms with Crippen molar-refractivity contribution < 1.29 is 8.42 Å². The lowest BCUT2D eigenvalue weighted by molar-refractivity contribution is 0.309. The molecule has 0 radical (unpaired) electrons. The van der Waals surface area contributed by atoms with E-state index in [1.54, 1.807) is 22.8 Å². The van der Waals surface area contributed by atoms with Crippen molar-refractivity contribution in [2.45, 2.75) is 38.3 Å². The summed E-state index contributed by atoms with van der Waals surface area (Å²) in [6.45, 7) is 0.920. The molecular formula is C23H26N4O2S. The molecule has 6 nitrogen and oxygen atoms in total. The third-order valence-electron chi connectivity index (χ3n) is 5.46. The van der Waals surface area contributed by atoms with Gasteiger partial charge in [0.25, 0.3) is 0 Å². The number of hydrogen-bond acceptors (Lipinski definition) is 4. The zero-order valence-corrected chi connectivity index (χ0v) is 17.7. The molecule has 0 aliphatic heterocycles. The van der Waals surface area contributed by atoms with E-state index in [9.17, 15) is 8.42 Å². The zero-order chi connectivity index (χ0) is 20.8. The van der Waals surface area contributed by atoms with Gasteiger partial charge in [-0.2, -0.15) is 9.40 Å². The molecule has 156 valence electrons. The minimum Gasteiger partial charge on any atom is -0.271 e. The molecule has 0 amide bonds. The second kappa shape index (κ2) is 9.36. The third kappa shape index (κ3) is 5.04. The molecule has 0 spiro atoms. The monoisotopic (exact) mass is 422 g/mol. The highest BCUT2D eigenvalue weighted by Crippen LogP contribution is 2.26. The number of aromatic nitrogens is 3. The summed E-state index contributed by atoms with van der Waals surface area (Å²) in [6.07, 6.45) is 11.0. The Kier molecular flexibility index (Phi) is 6.40. The van der Waals surface area contributed by atoms with Crippen molar-refractivity contribution in [1.82, 2.24) is 19.1 Å². The SMILES string of the molecule is O=S(=O)(C=Cc1ccccc1)N(CCn1ccc(-c2ccncc2)n1)C1CCCC1. The number of sulfonamides is 1. The molecule has 7 heteroatoms. The molecular weight excluding hydrogens is 396 g/mol. The van der Waals surface area contributed by atoms with Gasteiger partial charge in [0.2, 0.25) is 10.0 Å². The highest BCUT2D eigenvalue weighted by molar-refractivity contribution is 7.92. The molecule has 0 saturated heterocycles. The smallest absolute Gasteiger partial charge is 0.236 e. The maximum atomic E-state index is 13.1. The molecule has 1 saturated carbocycles. The second-order valence-electron chi connectivity index (χ2n) is 7.51. The van der Waals surface area contributed by atoms with Crippen molar-refractivity contribution in [3.63, 3.8) is 0 Å². The van der Waals surface area contributed by atoms with Crippen LogP contribution in [0.2, 0.25) is 0 Å². The molecule has 1 fully saturated rings. The largest absolute Gasteiger partial charge is 0.271 e. The average Bonchev–Trinajstić information content (AvgIpc) is 3.46. The fourth-order valence-electron chi connectivity index (χ4n) is 3.88. The van der Waals surface area contributed by atoms with Crippen LogP contribution in [0.3, 0.4) is 0 Å². The van der Waals surface area contributed by atoms with Crippen LogP contribution >= 0.6 is 0 Å². The summed E-state index contributed by atoms with van der Waals surface area (Å²) >= 11 is 0. The molecule has 0 N–H and O–H groups in total. The van der Waals surface area contributed by atoms with Crippen molar-refractivity contribution in [1.29, 1.82) is 0 Å². The van der Waals surface area contributed by atoms with E-state index in [1.807, 2.05) is 59.4 Å². The highest BCUT2D eigenvalue weighted by atomic mass is 32.2. The average molecular weight is 423 g/mol. The van der Waals surface area contributed by atoms with Crippen LogP contribution in [0.25, 0.3) is 17.3 Å². The van der Waals surface area contributed by atoms with Gasteiger partial charge in [0.1, 0.15) is 0 Å². The van der Waals surface area contributed by atoms with Crippen molar-refractivity contribution in [3.05, 3.63) is 78.1 Å². The van der Waals surface area contributed by atoms with Crippen LogP contribution in [-0.2, 0) is 16.6 Å². The lowest BCUT2D eigenvalue weighted by atomic mass is 10.2. The fraction of sp³-hybridized carbons (Fsp3) is 0.304. The minimum atomic E-state index is -3.52. The fourth-order valence-corrected chi connectivity index (χ4v) is 5.33. The van der Waals surface area contributed by atoms with Gasteiger partial charge in [-0.15, -0.1) is 0 Å². The van der Waals surface area contributed by atoms with E-state index in [0.717, 1.165) is 42.5 Å². The first kappa shape index (κ1) is 20.5. The van der Waals surface area contributed by atoms with Crippen LogP contribution in [0, 0.1) is 0 Å². The van der Waals surface area contributed by atoms with E-state index in [2.05, 4.69) is 10.1 Å². The summed E-state index contributed by atoms with van der Waals surface area (Å²) in [5, 5.41) is 5.94. The zero-order valence-electron chi connectivity index (χ0n) is 16.8. The summed E-state index contributed by atoms with van der Waals surface area (Å²) in [6, 6.07) is 15.4. The molecule has 0 bridgehead atoms. The molecule has 0 atom stereocenters. The van der Waals surface area contributed by atoms with Crippen molar-refractivity contribution in [2.24, 2.45) is 0 Å². The van der Waals surface area contributed by atoms with Gasteiger partial charge in [0, 0.05) is 42.1 Å². The van der Waals surface area contributed by atoms with Crippen LogP contribution in [0.1, 0.15) is 31.2 Å². The topological polar surface area (TPSA) is 68.1 Å². The molecule has 1 aromatic carbocycles. The summed E-state index contributed by atoms with van der Waals surface area (Å²) in [7, 11) is -3.52. The van der Waals surface area contributed by atoms with Gasteiger partial charge in [0.05, 0.1) is 12.2 Å². The summed E-state index contributed by atoms with van der Waals surface area (Å²) < 4.78 is 29.8. The quantitative estimate of drug-likeness (QED) is 0.546. The first-order valence-electron chi connectivity index (χ1n) is 10.3. The Balaban J connectivity index is 1.49. The van der Waals surface area contributed by atoms with Crippen LogP contribution in [-0.4, -0.2) is 40.1 Å². The minimum absolute atomic E-state index is 0.0608. The molecule has 2 aromatic heterocycles. The van der Waals surface area contributed by atoms with Crippen LogP contribution in [0.4, 0.5) is 0 Å². The lowest BCUT2D eigenvalue weighted by Crippen LogP contribution is -2.39. The maximum absolute atomic E-state index is 13.1. The van der Waals surface area contributed by atoms with Crippen molar-refractivity contribution in [2.75, 3.05) is 6.54 Å². The van der Waals surface area contributed by atoms with Gasteiger partial charge in [-0.3, -0.25) is 9.67 Å². The number of nitrogens with zero attached hydrogens (tertiary/aromatic N) is 4. The Hall–Kier alpha value is -2.77. The van der Waals surface area contributed by atoms with E-state index in [0.29, 0.717) is 13.1 Å². The standard InChI is InChI=1S/C23H26N4O2S/c28-30(29,19-13-20-6-2-1-3-7-20)27(22-8-4-5-9-22)18-17-26-16-12-23(25-26)21-10-14-24-15-11-21/h1-3,6-7,10-16,19,22H,4-5,8-9,17-18H2. The Morgan fingerprint density at radius 3 is 2.50 bits per heavy atom. The number of pyridine rings is 1. The van der Waals surface area contributed by atoms with E-state index in [1.165, 1.54) is 5.41 Å². The molecule has 30 heavy (non-hydrogen) atoms. The molecule has 1 aliphatic carbocycles. The molecule has 4 rings (SSSR count). The van der Waals surface area contributed by atoms with Gasteiger partial charge >= 0.3 is 0 Å². The lowest BCUT2D eigenvalue weighted by Gasteiger charge is -2.26. The summed E-state index contributed by atoms with van der Waals surface area (Å²) in [5.41, 5.74) is 2.73. The normalized spacial score (nSPS) is 15.4. The van der Waals surface area contributed by atoms with Gasteiger partial charge in [-0.05, 0) is 42.7 Å². The molecule has 2 heterocycles. The first-order valence-corrected chi connectivity index (χ1v) is 11.8. The van der Waals surface area contributed by atoms with E-state index in [-0.39, 0.29) is 6.04 Å². The number of benzene rings is 1. The Bertz CT molecular complexity index is 1070. The van der Waals surface area contributed by atoms with Gasteiger partial charge in [-0.25, -0.2) is 8.42 Å². The number of hydrogen-bond donors (Lipinski definition) is 0. The third-order valence-corrected chi connectivity index (χ3v) is 7.07. The Morgan fingerprint density at radius 1 is 1.03 bits per heavy atom. The van der Waals surface area contributed by atoms with Gasteiger partial charge < -0.3 is 0 Å². The van der Waals surface area contributed by atoms with Gasteiger partial charge in [-0.1, -0.05) is 43.2 Å². The second-order valence-corrected chi connectivity index (χ2v) is 9.28. The first-order chi connectivity index (χ1) is 14.6. The summed E-state index contributed by atoms with van der Waals surface area (Å²) in [4.78, 5) is 4.03. The van der Waals surface area contributed by atoms with E-state index >= 15 is 0 Å². The number of rotatable bonds is 8. The predicted octanol–water partition coefficient (Wildman–Crippen LogP) is 4.19. The highest BCUT2D eigenvalue weighted by Gasteiger charge is 2.30. The van der Waals surface area contributed by atoms with Crippen LogP contribution in [0.5, 0.6) is 0 Å². The molecule has 0 unspecified atom stereocenters. The Morgan fingerprint density at radius 2 is 1.77 bits per heavy atom. The van der Waals surface area contributed by atoms with Crippen molar-refractivity contribution >= 4 is 16.1 Å². The summed E-state index contributed by atoms with van der Waals surface area (Å²) in [5.74, 6) is 0. The maximum Gasteiger partial charge on any atom is 0.236 e.